The van der Waals surface area contributed by atoms with Crippen LogP contribution in [0.25, 0.3) is 0 Å². The van der Waals surface area contributed by atoms with Crippen molar-refractivity contribution in [3.05, 3.63) is 24.3 Å². The van der Waals surface area contributed by atoms with Gasteiger partial charge >= 0.3 is 7.82 Å². The zero-order valence-corrected chi connectivity index (χ0v) is 52.0. The first kappa shape index (κ1) is 74.0. The molecule has 0 aliphatic carbocycles. The van der Waals surface area contributed by atoms with Crippen molar-refractivity contribution < 1.29 is 32.9 Å². The molecule has 0 saturated heterocycles. The topological polar surface area (TPSA) is 105 Å². The van der Waals surface area contributed by atoms with Crippen LogP contribution in [0.4, 0.5) is 0 Å². The van der Waals surface area contributed by atoms with Crippen molar-refractivity contribution in [1.29, 1.82) is 0 Å². The molecule has 0 aromatic rings. The zero-order chi connectivity index (χ0) is 54.9. The Balaban J connectivity index is 3.93. The lowest BCUT2D eigenvalue weighted by molar-refractivity contribution is -0.870. The maximum atomic E-state index is 13.0. The molecule has 446 valence electrons. The van der Waals surface area contributed by atoms with Crippen LogP contribution in [-0.4, -0.2) is 73.4 Å². The lowest BCUT2D eigenvalue weighted by Gasteiger charge is -2.25. The Bertz CT molecular complexity index is 1270. The van der Waals surface area contributed by atoms with Crippen LogP contribution in [-0.2, 0) is 18.4 Å². The predicted molar refractivity (Wildman–Crippen MR) is 328 cm³/mol. The van der Waals surface area contributed by atoms with Crippen molar-refractivity contribution in [1.82, 2.24) is 5.32 Å². The van der Waals surface area contributed by atoms with Gasteiger partial charge in [-0.1, -0.05) is 314 Å². The molecule has 0 bridgehead atoms. The Morgan fingerprint density at radius 1 is 0.440 bits per heavy atom. The molecule has 0 aromatic carbocycles. The number of carbonyl (C=O) groups excluding carboxylic acids is 1. The van der Waals surface area contributed by atoms with Gasteiger partial charge in [-0.25, -0.2) is 4.57 Å². The number of phosphoric acid groups is 1. The number of nitrogens with one attached hydrogen (secondary N) is 1. The number of rotatable bonds is 62. The second-order valence-electron chi connectivity index (χ2n) is 24.2. The molecule has 0 aromatic heterocycles. The minimum atomic E-state index is -4.34. The van der Waals surface area contributed by atoms with Crippen molar-refractivity contribution in [2.45, 2.75) is 353 Å². The van der Waals surface area contributed by atoms with Gasteiger partial charge in [-0.15, -0.1) is 0 Å². The highest BCUT2D eigenvalue weighted by Crippen LogP contribution is 2.43. The molecule has 8 nitrogen and oxygen atoms in total. The van der Waals surface area contributed by atoms with Gasteiger partial charge in [0, 0.05) is 6.42 Å². The number of carbonyl (C=O) groups is 1. The third-order valence-electron chi connectivity index (χ3n) is 15.4. The highest BCUT2D eigenvalue weighted by molar-refractivity contribution is 7.47. The smallest absolute Gasteiger partial charge is 0.387 e. The summed E-state index contributed by atoms with van der Waals surface area (Å²) in [6.07, 6.45) is 74.7. The van der Waals surface area contributed by atoms with E-state index in [9.17, 15) is 19.4 Å². The number of quaternary nitrogens is 1. The molecule has 9 heteroatoms. The van der Waals surface area contributed by atoms with Gasteiger partial charge in [-0.2, -0.15) is 0 Å². The number of hydrogen-bond acceptors (Lipinski definition) is 5. The van der Waals surface area contributed by atoms with Crippen LogP contribution >= 0.6 is 7.82 Å². The molecule has 3 atom stereocenters. The molecule has 3 unspecified atom stereocenters. The average molecular weight is 1080 g/mol. The maximum Gasteiger partial charge on any atom is 0.472 e. The lowest BCUT2D eigenvalue weighted by atomic mass is 10.0. The fourth-order valence-corrected chi connectivity index (χ4v) is 11.0. The van der Waals surface area contributed by atoms with Gasteiger partial charge in [0.1, 0.15) is 13.2 Å². The third-order valence-corrected chi connectivity index (χ3v) is 16.4. The van der Waals surface area contributed by atoms with Crippen molar-refractivity contribution in [2.75, 3.05) is 40.9 Å². The van der Waals surface area contributed by atoms with Crippen LogP contribution in [0.1, 0.15) is 341 Å². The highest BCUT2D eigenvalue weighted by Gasteiger charge is 2.28. The molecule has 0 saturated carbocycles. The van der Waals surface area contributed by atoms with E-state index in [0.717, 1.165) is 38.5 Å². The highest BCUT2D eigenvalue weighted by atomic mass is 31.2. The summed E-state index contributed by atoms with van der Waals surface area (Å²) >= 11 is 0. The fourth-order valence-electron chi connectivity index (χ4n) is 10.2. The second-order valence-corrected chi connectivity index (χ2v) is 25.7. The molecule has 0 fully saturated rings. The zero-order valence-electron chi connectivity index (χ0n) is 51.1. The third kappa shape index (κ3) is 60.5. The Morgan fingerprint density at radius 3 is 1.03 bits per heavy atom. The SMILES string of the molecule is CCCCCCCCCCCCCCCC/C=C/C(O)C(COP(=O)(O)OCC[N+](C)(C)C)NC(=O)CCCCCCCCCCCCCCCCCCC/C=C\CCCCCCCCCCCCCCCCCC. The first-order valence-electron chi connectivity index (χ1n) is 33.2. The number of nitrogens with zero attached hydrogens (tertiary/aromatic N) is 1. The van der Waals surface area contributed by atoms with E-state index >= 15 is 0 Å². The van der Waals surface area contributed by atoms with Crippen LogP contribution in [0.2, 0.25) is 0 Å². The van der Waals surface area contributed by atoms with Crippen LogP contribution in [0, 0.1) is 0 Å². The Labute approximate surface area is 468 Å². The van der Waals surface area contributed by atoms with Crippen LogP contribution in [0.15, 0.2) is 24.3 Å². The van der Waals surface area contributed by atoms with E-state index in [-0.39, 0.29) is 19.1 Å². The molecule has 0 aliphatic rings. The number of unbranched alkanes of at least 4 members (excludes halogenated alkanes) is 47. The summed E-state index contributed by atoms with van der Waals surface area (Å²) in [5.41, 5.74) is 0. The summed E-state index contributed by atoms with van der Waals surface area (Å²) < 4.78 is 23.7. The number of amides is 1. The van der Waals surface area contributed by atoms with Gasteiger partial charge in [0.15, 0.2) is 0 Å². The van der Waals surface area contributed by atoms with Gasteiger partial charge in [-0.3, -0.25) is 13.8 Å². The molecule has 1 amide bonds. The monoisotopic (exact) mass is 1080 g/mol. The van der Waals surface area contributed by atoms with Crippen LogP contribution < -0.4 is 5.32 Å². The maximum absolute atomic E-state index is 13.0. The van der Waals surface area contributed by atoms with Crippen molar-refractivity contribution in [3.8, 4) is 0 Å². The van der Waals surface area contributed by atoms with E-state index in [4.69, 9.17) is 9.05 Å². The first-order chi connectivity index (χ1) is 36.5. The lowest BCUT2D eigenvalue weighted by Crippen LogP contribution is -2.45. The summed E-state index contributed by atoms with van der Waals surface area (Å²) in [6.45, 7) is 4.86. The molecule has 0 spiro atoms. The average Bonchev–Trinajstić information content (AvgIpc) is 3.37. The Hall–Kier alpha value is -1.02. The quantitative estimate of drug-likeness (QED) is 0.0243. The van der Waals surface area contributed by atoms with Crippen LogP contribution in [0.5, 0.6) is 0 Å². The van der Waals surface area contributed by atoms with Gasteiger partial charge in [0.2, 0.25) is 5.91 Å². The Kier molecular flexibility index (Phi) is 56.9. The van der Waals surface area contributed by atoms with E-state index in [2.05, 4.69) is 31.3 Å². The number of phosphoric ester groups is 1. The standard InChI is InChI=1S/C66H131N2O6P/c1-6-8-10-12-14-16-18-20-22-24-25-26-27-28-29-30-31-32-33-34-35-36-37-38-39-40-41-42-43-44-46-48-50-52-54-56-58-60-66(70)67-64(63-74-75(71,72)73-62-61-68(3,4)5)65(69)59-57-55-53-51-49-47-45-23-21-19-17-15-13-11-9-7-2/h32-33,57,59,64-65,69H,6-31,34-56,58,60-63H2,1-5H3,(H-,67,70,71,72)/p+1/b33-32-,59-57+. The largest absolute Gasteiger partial charge is 0.472 e. The number of aliphatic hydroxyl groups excluding tert-OH is 1. The fraction of sp³-hybridized carbons (Fsp3) is 0.924. The molecule has 0 rings (SSSR count). The molecular weight excluding hydrogens is 948 g/mol. The summed E-state index contributed by atoms with van der Waals surface area (Å²) in [4.78, 5) is 23.3. The van der Waals surface area contributed by atoms with E-state index in [0.29, 0.717) is 17.4 Å². The number of likely N-dealkylation sites (N-methyl/N-ethyl adjacent to an activating group) is 1. The van der Waals surface area contributed by atoms with Crippen LogP contribution in [0.3, 0.4) is 0 Å². The van der Waals surface area contributed by atoms with E-state index in [1.165, 1.54) is 283 Å². The normalized spacial score (nSPS) is 13.9. The van der Waals surface area contributed by atoms with Gasteiger partial charge in [0.25, 0.3) is 0 Å². The summed E-state index contributed by atoms with van der Waals surface area (Å²) in [5.74, 6) is -0.171. The minimum absolute atomic E-state index is 0.0640. The molecule has 75 heavy (non-hydrogen) atoms. The molecule has 0 radical (unpaired) electrons. The summed E-state index contributed by atoms with van der Waals surface area (Å²) in [5, 5.41) is 14.0. The summed E-state index contributed by atoms with van der Waals surface area (Å²) in [6, 6.07) is -0.844. The van der Waals surface area contributed by atoms with Gasteiger partial charge in [0.05, 0.1) is 39.9 Å². The Morgan fingerprint density at radius 2 is 0.720 bits per heavy atom. The first-order valence-corrected chi connectivity index (χ1v) is 34.7. The van der Waals surface area contributed by atoms with E-state index < -0.39 is 20.0 Å². The van der Waals surface area contributed by atoms with Crippen molar-refractivity contribution in [2.24, 2.45) is 0 Å². The molecular formula is C66H132N2O6P+. The predicted octanol–water partition coefficient (Wildman–Crippen LogP) is 20.7. The van der Waals surface area contributed by atoms with Crippen molar-refractivity contribution in [3.63, 3.8) is 0 Å². The van der Waals surface area contributed by atoms with E-state index in [1.807, 2.05) is 27.2 Å². The van der Waals surface area contributed by atoms with Crippen molar-refractivity contribution >= 4 is 13.7 Å². The molecule has 3 N–H and O–H groups in total. The molecule has 0 aliphatic heterocycles. The van der Waals surface area contributed by atoms with Gasteiger partial charge < -0.3 is 19.8 Å². The molecule has 0 heterocycles. The van der Waals surface area contributed by atoms with E-state index in [1.54, 1.807) is 6.08 Å². The van der Waals surface area contributed by atoms with Gasteiger partial charge in [-0.05, 0) is 44.9 Å². The summed E-state index contributed by atoms with van der Waals surface area (Å²) in [7, 11) is 1.59. The number of hydrogen-bond donors (Lipinski definition) is 3. The number of allylic oxidation sites excluding steroid dienone is 3. The minimum Gasteiger partial charge on any atom is -0.387 e. The number of aliphatic hydroxyl groups is 1. The second kappa shape index (κ2) is 57.7.